The van der Waals surface area contributed by atoms with Gasteiger partial charge in [0.1, 0.15) is 0 Å². The fourth-order valence-corrected chi connectivity index (χ4v) is 3.87. The van der Waals surface area contributed by atoms with Gasteiger partial charge in [-0.3, -0.25) is 4.90 Å². The smallest absolute Gasteiger partial charge is 0.0377 e. The molecule has 1 aliphatic carbocycles. The molecular formula is C17H28Cl2N2. The lowest BCUT2D eigenvalue weighted by atomic mass is 9.89. The first kappa shape index (κ1) is 18.8. The molecule has 1 aromatic rings. The van der Waals surface area contributed by atoms with Crippen molar-refractivity contribution in [3.63, 3.8) is 0 Å². The molecule has 1 N–H and O–H groups in total. The third kappa shape index (κ3) is 4.59. The summed E-state index contributed by atoms with van der Waals surface area (Å²) < 4.78 is 0. The molecule has 1 aliphatic heterocycles. The topological polar surface area (TPSA) is 15.3 Å². The summed E-state index contributed by atoms with van der Waals surface area (Å²) in [5, 5.41) is 3.48. The maximum Gasteiger partial charge on any atom is 0.0377 e. The van der Waals surface area contributed by atoms with E-state index >= 15 is 0 Å². The van der Waals surface area contributed by atoms with Crippen molar-refractivity contribution < 1.29 is 0 Å². The molecule has 0 aromatic heterocycles. The molecule has 3 rings (SSSR count). The van der Waals surface area contributed by atoms with Gasteiger partial charge in [-0.25, -0.2) is 0 Å². The summed E-state index contributed by atoms with van der Waals surface area (Å²) >= 11 is 0. The number of hydrogen-bond acceptors (Lipinski definition) is 2. The lowest BCUT2D eigenvalue weighted by Gasteiger charge is -2.38. The zero-order chi connectivity index (χ0) is 13.1. The Labute approximate surface area is 141 Å². The van der Waals surface area contributed by atoms with E-state index in [-0.39, 0.29) is 24.8 Å². The molecule has 2 aliphatic rings. The van der Waals surface area contributed by atoms with Crippen molar-refractivity contribution in [1.29, 1.82) is 0 Å². The number of aryl methyl sites for hydroxylation is 1. The first-order chi connectivity index (χ1) is 9.34. The Hall–Kier alpha value is -0.280. The predicted octanol–water partition coefficient (Wildman–Crippen LogP) is 3.98. The highest BCUT2D eigenvalue weighted by Crippen LogP contribution is 2.39. The molecule has 120 valence electrons. The van der Waals surface area contributed by atoms with Crippen LogP contribution in [-0.4, -0.2) is 31.1 Å². The van der Waals surface area contributed by atoms with Crippen molar-refractivity contribution in [2.75, 3.05) is 26.2 Å². The number of halogens is 2. The lowest BCUT2D eigenvalue weighted by molar-refractivity contribution is 0.125. The Kier molecular flexibility index (Phi) is 8.04. The molecule has 2 fully saturated rings. The highest BCUT2D eigenvalue weighted by atomic mass is 35.5. The summed E-state index contributed by atoms with van der Waals surface area (Å²) in [6.45, 7) is 6.92. The van der Waals surface area contributed by atoms with Crippen molar-refractivity contribution in [2.24, 2.45) is 5.92 Å². The van der Waals surface area contributed by atoms with Crippen LogP contribution in [0.15, 0.2) is 24.3 Å². The lowest BCUT2D eigenvalue weighted by Crippen LogP contribution is -2.46. The Bertz CT molecular complexity index is 413. The third-order valence-electron chi connectivity index (χ3n) is 4.77. The van der Waals surface area contributed by atoms with E-state index in [4.69, 9.17) is 0 Å². The van der Waals surface area contributed by atoms with Crippen LogP contribution in [0.25, 0.3) is 0 Å². The normalized spacial score (nSPS) is 21.4. The Balaban J connectivity index is 0.00000110. The van der Waals surface area contributed by atoms with Gasteiger partial charge < -0.3 is 5.32 Å². The molecule has 1 saturated heterocycles. The van der Waals surface area contributed by atoms with E-state index in [1.54, 1.807) is 5.56 Å². The van der Waals surface area contributed by atoms with Gasteiger partial charge in [0.05, 0.1) is 0 Å². The van der Waals surface area contributed by atoms with Gasteiger partial charge in [-0.15, -0.1) is 24.8 Å². The van der Waals surface area contributed by atoms with E-state index in [2.05, 4.69) is 41.4 Å². The molecule has 0 amide bonds. The van der Waals surface area contributed by atoms with Crippen molar-refractivity contribution in [3.8, 4) is 0 Å². The fourth-order valence-electron chi connectivity index (χ4n) is 3.87. The molecule has 0 spiro atoms. The van der Waals surface area contributed by atoms with Crippen LogP contribution >= 0.6 is 24.8 Å². The van der Waals surface area contributed by atoms with Gasteiger partial charge in [0.15, 0.2) is 0 Å². The van der Waals surface area contributed by atoms with E-state index in [1.165, 1.54) is 44.3 Å². The molecule has 0 radical (unpaired) electrons. The summed E-state index contributed by atoms with van der Waals surface area (Å²) in [6, 6.07) is 9.86. The van der Waals surface area contributed by atoms with Gasteiger partial charge in [0.2, 0.25) is 0 Å². The van der Waals surface area contributed by atoms with Crippen LogP contribution in [0.5, 0.6) is 0 Å². The quantitative estimate of drug-likeness (QED) is 0.901. The molecule has 21 heavy (non-hydrogen) atoms. The largest absolute Gasteiger partial charge is 0.314 e. The zero-order valence-corrected chi connectivity index (χ0v) is 14.5. The van der Waals surface area contributed by atoms with E-state index in [1.807, 2.05) is 0 Å². The minimum Gasteiger partial charge on any atom is -0.314 e. The Morgan fingerprint density at radius 1 is 1.10 bits per heavy atom. The Morgan fingerprint density at radius 3 is 2.38 bits per heavy atom. The fraction of sp³-hybridized carbons (Fsp3) is 0.647. The molecular weight excluding hydrogens is 303 g/mol. The standard InChI is InChI=1S/C17H26N2.2ClH/c1-14-5-4-8-16(13-14)17(15-6-2-3-7-15)19-11-9-18-10-12-19;;/h4-5,8,13,15,17-18H,2-3,6-7,9-12H2,1H3;2*1H/t17-;;/m1../s1. The van der Waals surface area contributed by atoms with Gasteiger partial charge >= 0.3 is 0 Å². The minimum atomic E-state index is 0. The SMILES string of the molecule is Cc1cccc([C@@H](C2CCCC2)N2CCNCC2)c1.Cl.Cl. The zero-order valence-electron chi connectivity index (χ0n) is 12.9. The molecule has 1 heterocycles. The monoisotopic (exact) mass is 330 g/mol. The van der Waals surface area contributed by atoms with Crippen molar-refractivity contribution in [1.82, 2.24) is 10.2 Å². The first-order valence-electron chi connectivity index (χ1n) is 7.86. The predicted molar refractivity (Wildman–Crippen MR) is 94.8 cm³/mol. The van der Waals surface area contributed by atoms with Crippen LogP contribution in [0, 0.1) is 12.8 Å². The summed E-state index contributed by atoms with van der Waals surface area (Å²) in [5.74, 6) is 0.875. The molecule has 2 nitrogen and oxygen atoms in total. The maximum absolute atomic E-state index is 3.48. The average molecular weight is 331 g/mol. The number of nitrogens with zero attached hydrogens (tertiary/aromatic N) is 1. The summed E-state index contributed by atoms with van der Waals surface area (Å²) in [7, 11) is 0. The van der Waals surface area contributed by atoms with E-state index in [0.717, 1.165) is 19.0 Å². The van der Waals surface area contributed by atoms with Crippen LogP contribution in [-0.2, 0) is 0 Å². The van der Waals surface area contributed by atoms with Gasteiger partial charge in [0, 0.05) is 32.2 Å². The van der Waals surface area contributed by atoms with Crippen molar-refractivity contribution in [3.05, 3.63) is 35.4 Å². The number of rotatable bonds is 3. The highest BCUT2D eigenvalue weighted by Gasteiger charge is 2.31. The average Bonchev–Trinajstić information content (AvgIpc) is 2.94. The molecule has 0 unspecified atom stereocenters. The van der Waals surface area contributed by atoms with Gasteiger partial charge in [-0.1, -0.05) is 42.7 Å². The highest BCUT2D eigenvalue weighted by molar-refractivity contribution is 5.85. The number of piperazine rings is 1. The van der Waals surface area contributed by atoms with Crippen LogP contribution in [0.3, 0.4) is 0 Å². The van der Waals surface area contributed by atoms with E-state index in [9.17, 15) is 0 Å². The maximum atomic E-state index is 3.48. The van der Waals surface area contributed by atoms with E-state index in [0.29, 0.717) is 6.04 Å². The molecule has 4 heteroatoms. The van der Waals surface area contributed by atoms with E-state index < -0.39 is 0 Å². The number of benzene rings is 1. The van der Waals surface area contributed by atoms with Crippen LogP contribution < -0.4 is 5.32 Å². The van der Waals surface area contributed by atoms with Crippen LogP contribution in [0.1, 0.15) is 42.9 Å². The van der Waals surface area contributed by atoms with Crippen molar-refractivity contribution in [2.45, 2.75) is 38.6 Å². The molecule has 0 bridgehead atoms. The van der Waals surface area contributed by atoms with Gasteiger partial charge in [0.25, 0.3) is 0 Å². The third-order valence-corrected chi connectivity index (χ3v) is 4.77. The van der Waals surface area contributed by atoms with Gasteiger partial charge in [-0.05, 0) is 31.2 Å². The minimum absolute atomic E-state index is 0. The molecule has 1 saturated carbocycles. The second-order valence-electron chi connectivity index (χ2n) is 6.19. The Morgan fingerprint density at radius 2 is 1.76 bits per heavy atom. The van der Waals surface area contributed by atoms with Crippen LogP contribution in [0.4, 0.5) is 0 Å². The second kappa shape index (κ2) is 8.99. The number of hydrogen-bond donors (Lipinski definition) is 1. The number of nitrogens with one attached hydrogen (secondary N) is 1. The van der Waals surface area contributed by atoms with Gasteiger partial charge in [-0.2, -0.15) is 0 Å². The summed E-state index contributed by atoms with van der Waals surface area (Å²) in [6.07, 6.45) is 5.70. The summed E-state index contributed by atoms with van der Waals surface area (Å²) in [5.41, 5.74) is 2.95. The molecule has 1 atom stereocenters. The summed E-state index contributed by atoms with van der Waals surface area (Å²) in [4.78, 5) is 2.72. The van der Waals surface area contributed by atoms with Crippen molar-refractivity contribution >= 4 is 24.8 Å². The van der Waals surface area contributed by atoms with Crippen LogP contribution in [0.2, 0.25) is 0 Å². The second-order valence-corrected chi connectivity index (χ2v) is 6.19. The first-order valence-corrected chi connectivity index (χ1v) is 7.86. The molecule has 1 aromatic carbocycles.